The highest BCUT2D eigenvalue weighted by molar-refractivity contribution is 7.89. The molecule has 0 spiro atoms. The van der Waals surface area contributed by atoms with Crippen LogP contribution in [0.25, 0.3) is 0 Å². The van der Waals surface area contributed by atoms with Gasteiger partial charge in [-0.25, -0.2) is 17.6 Å². The second-order valence-corrected chi connectivity index (χ2v) is 7.77. The number of rotatable bonds is 4. The van der Waals surface area contributed by atoms with Gasteiger partial charge in [0.05, 0.1) is 18.8 Å². The molecule has 1 aliphatic rings. The van der Waals surface area contributed by atoms with Crippen LogP contribution in [-0.4, -0.2) is 45.0 Å². The van der Waals surface area contributed by atoms with Crippen LogP contribution < -0.4 is 4.74 Å². The number of ether oxygens (including phenoxy) is 2. The Labute approximate surface area is 151 Å². The third-order valence-corrected chi connectivity index (χ3v) is 5.87. The molecule has 0 aromatic heterocycles. The van der Waals surface area contributed by atoms with Gasteiger partial charge < -0.3 is 9.47 Å². The highest BCUT2D eigenvalue weighted by Gasteiger charge is 2.30. The summed E-state index contributed by atoms with van der Waals surface area (Å²) in [7, 11) is -4.06. The van der Waals surface area contributed by atoms with Crippen LogP contribution >= 0.6 is 0 Å². The van der Waals surface area contributed by atoms with E-state index in [9.17, 15) is 17.6 Å². The smallest absolute Gasteiger partial charge is 0.343 e. The Bertz CT molecular complexity index is 923. The van der Waals surface area contributed by atoms with Crippen LogP contribution in [0.4, 0.5) is 4.39 Å². The van der Waals surface area contributed by atoms with Crippen molar-refractivity contribution in [2.45, 2.75) is 11.8 Å². The number of carbonyl (C=O) groups excluding carboxylic acids is 1. The number of hydrogen-bond acceptors (Lipinski definition) is 5. The number of hydrogen-bond donors (Lipinski definition) is 0. The minimum Gasteiger partial charge on any atom is -0.423 e. The molecule has 0 amide bonds. The van der Waals surface area contributed by atoms with Gasteiger partial charge in [0.25, 0.3) is 0 Å². The second-order valence-electron chi connectivity index (χ2n) is 5.87. The van der Waals surface area contributed by atoms with Crippen molar-refractivity contribution in [2.75, 3.05) is 26.3 Å². The minimum atomic E-state index is -4.06. The Kier molecular flexibility index (Phi) is 5.36. The lowest BCUT2D eigenvalue weighted by Gasteiger charge is -2.26. The van der Waals surface area contributed by atoms with Crippen molar-refractivity contribution in [3.8, 4) is 5.75 Å². The molecule has 0 bridgehead atoms. The van der Waals surface area contributed by atoms with Gasteiger partial charge in [0.1, 0.15) is 16.5 Å². The first-order valence-electron chi connectivity index (χ1n) is 8.04. The summed E-state index contributed by atoms with van der Waals surface area (Å²) in [5.41, 5.74) is 0.865. The van der Waals surface area contributed by atoms with Gasteiger partial charge in [0.2, 0.25) is 10.0 Å². The van der Waals surface area contributed by atoms with E-state index in [1.165, 1.54) is 6.07 Å². The molecule has 0 N–H and O–H groups in total. The zero-order chi connectivity index (χ0) is 18.7. The third-order valence-electron chi connectivity index (χ3n) is 3.95. The van der Waals surface area contributed by atoms with Gasteiger partial charge in [-0.3, -0.25) is 0 Å². The molecule has 3 rings (SSSR count). The maximum atomic E-state index is 14.2. The van der Waals surface area contributed by atoms with Crippen LogP contribution in [0.3, 0.4) is 0 Å². The first-order valence-corrected chi connectivity index (χ1v) is 9.48. The average molecular weight is 379 g/mol. The first-order chi connectivity index (χ1) is 12.4. The first kappa shape index (κ1) is 18.5. The van der Waals surface area contributed by atoms with E-state index in [0.29, 0.717) is 5.75 Å². The van der Waals surface area contributed by atoms with Crippen LogP contribution in [0.2, 0.25) is 0 Å². The van der Waals surface area contributed by atoms with Crippen molar-refractivity contribution < 1.29 is 27.1 Å². The summed E-state index contributed by atoms with van der Waals surface area (Å²) in [6.45, 7) is 2.62. The molecule has 138 valence electrons. The Morgan fingerprint density at radius 1 is 1.15 bits per heavy atom. The summed E-state index contributed by atoms with van der Waals surface area (Å²) < 4.78 is 51.0. The SMILES string of the molecule is Cc1cccc(OC(=O)c2ccc(F)c(S(=O)(=O)N3CCOCC3)c2)c1. The molecule has 8 heteroatoms. The molecule has 1 aliphatic heterocycles. The van der Waals surface area contributed by atoms with E-state index in [1.807, 2.05) is 13.0 Å². The second kappa shape index (κ2) is 7.53. The zero-order valence-corrected chi connectivity index (χ0v) is 15.0. The summed E-state index contributed by atoms with van der Waals surface area (Å²) in [6.07, 6.45) is 0. The number of sulfonamides is 1. The molecule has 26 heavy (non-hydrogen) atoms. The number of halogens is 1. The maximum absolute atomic E-state index is 14.2. The number of nitrogens with zero attached hydrogens (tertiary/aromatic N) is 1. The quantitative estimate of drug-likeness (QED) is 0.602. The van der Waals surface area contributed by atoms with Crippen LogP contribution in [0, 0.1) is 12.7 Å². The zero-order valence-electron chi connectivity index (χ0n) is 14.1. The molecule has 1 heterocycles. The summed E-state index contributed by atoms with van der Waals surface area (Å²) in [4.78, 5) is 11.8. The summed E-state index contributed by atoms with van der Waals surface area (Å²) >= 11 is 0. The molecule has 6 nitrogen and oxygen atoms in total. The van der Waals surface area contributed by atoms with E-state index in [-0.39, 0.29) is 31.9 Å². The molecule has 1 saturated heterocycles. The van der Waals surface area contributed by atoms with Gasteiger partial charge >= 0.3 is 5.97 Å². The van der Waals surface area contributed by atoms with E-state index in [0.717, 1.165) is 22.0 Å². The number of carbonyl (C=O) groups is 1. The monoisotopic (exact) mass is 379 g/mol. The predicted molar refractivity (Wildman–Crippen MR) is 92.1 cm³/mol. The number of aryl methyl sites for hydroxylation is 1. The van der Waals surface area contributed by atoms with Gasteiger partial charge in [-0.2, -0.15) is 4.31 Å². The fraction of sp³-hybridized carbons (Fsp3) is 0.278. The highest BCUT2D eigenvalue weighted by atomic mass is 32.2. The Morgan fingerprint density at radius 3 is 2.58 bits per heavy atom. The molecular weight excluding hydrogens is 361 g/mol. The number of esters is 1. The van der Waals surface area contributed by atoms with Crippen molar-refractivity contribution in [1.82, 2.24) is 4.31 Å². The number of benzene rings is 2. The highest BCUT2D eigenvalue weighted by Crippen LogP contribution is 2.23. The van der Waals surface area contributed by atoms with E-state index in [4.69, 9.17) is 9.47 Å². The topological polar surface area (TPSA) is 72.9 Å². The molecule has 0 unspecified atom stereocenters. The Morgan fingerprint density at radius 2 is 1.88 bits per heavy atom. The van der Waals surface area contributed by atoms with Gasteiger partial charge in [-0.1, -0.05) is 12.1 Å². The van der Waals surface area contributed by atoms with Crippen molar-refractivity contribution in [3.63, 3.8) is 0 Å². The maximum Gasteiger partial charge on any atom is 0.343 e. The number of morpholine rings is 1. The van der Waals surface area contributed by atoms with Gasteiger partial charge in [-0.05, 0) is 42.8 Å². The molecule has 2 aromatic rings. The predicted octanol–water partition coefficient (Wildman–Crippen LogP) is 2.37. The standard InChI is InChI=1S/C18H18FNO5S/c1-13-3-2-4-15(11-13)25-18(21)14-5-6-16(19)17(12-14)26(22,23)20-7-9-24-10-8-20/h2-6,11-12H,7-10H2,1H3. The van der Waals surface area contributed by atoms with Crippen molar-refractivity contribution in [3.05, 3.63) is 59.4 Å². The minimum absolute atomic E-state index is 0.0419. The van der Waals surface area contributed by atoms with Crippen LogP contribution in [0.15, 0.2) is 47.4 Å². The lowest BCUT2D eigenvalue weighted by molar-refractivity contribution is 0.0726. The van der Waals surface area contributed by atoms with Crippen LogP contribution in [-0.2, 0) is 14.8 Å². The van der Waals surface area contributed by atoms with Crippen LogP contribution in [0.5, 0.6) is 5.75 Å². The van der Waals surface area contributed by atoms with Crippen molar-refractivity contribution in [2.24, 2.45) is 0 Å². The van der Waals surface area contributed by atoms with Crippen molar-refractivity contribution >= 4 is 16.0 Å². The molecule has 0 saturated carbocycles. The van der Waals surface area contributed by atoms with E-state index in [2.05, 4.69) is 0 Å². The van der Waals surface area contributed by atoms with Gasteiger partial charge in [0.15, 0.2) is 0 Å². The molecule has 0 aliphatic carbocycles. The normalized spacial score (nSPS) is 15.6. The average Bonchev–Trinajstić information content (AvgIpc) is 2.62. The molecule has 1 fully saturated rings. The van der Waals surface area contributed by atoms with Gasteiger partial charge in [-0.15, -0.1) is 0 Å². The lowest BCUT2D eigenvalue weighted by atomic mass is 10.2. The van der Waals surface area contributed by atoms with Gasteiger partial charge in [0, 0.05) is 13.1 Å². The molecular formula is C18H18FNO5S. The van der Waals surface area contributed by atoms with Crippen LogP contribution in [0.1, 0.15) is 15.9 Å². The Hall–Kier alpha value is -2.29. The Balaban J connectivity index is 1.88. The van der Waals surface area contributed by atoms with E-state index < -0.39 is 26.7 Å². The fourth-order valence-corrected chi connectivity index (χ4v) is 4.10. The van der Waals surface area contributed by atoms with E-state index >= 15 is 0 Å². The fourth-order valence-electron chi connectivity index (χ4n) is 2.60. The summed E-state index contributed by atoms with van der Waals surface area (Å²) in [6, 6.07) is 10.0. The largest absolute Gasteiger partial charge is 0.423 e. The lowest BCUT2D eigenvalue weighted by Crippen LogP contribution is -2.41. The molecule has 2 aromatic carbocycles. The molecule has 0 radical (unpaired) electrons. The summed E-state index contributed by atoms with van der Waals surface area (Å²) in [5, 5.41) is 0. The third kappa shape index (κ3) is 3.92. The van der Waals surface area contributed by atoms with E-state index in [1.54, 1.807) is 18.2 Å². The summed E-state index contributed by atoms with van der Waals surface area (Å²) in [5.74, 6) is -1.34. The van der Waals surface area contributed by atoms with Crippen molar-refractivity contribution in [1.29, 1.82) is 0 Å². The molecule has 0 atom stereocenters.